The van der Waals surface area contributed by atoms with Gasteiger partial charge in [-0.1, -0.05) is 19.4 Å². The van der Waals surface area contributed by atoms with Crippen LogP contribution >= 0.6 is 0 Å². The Hall–Kier alpha value is -1.84. The first kappa shape index (κ1) is 9.71. The zero-order valence-electron chi connectivity index (χ0n) is 8.40. The van der Waals surface area contributed by atoms with Gasteiger partial charge in [-0.2, -0.15) is 0 Å². The Kier molecular flexibility index (Phi) is 2.41. The molecular weight excluding hydrogens is 194 g/mol. The highest BCUT2D eigenvalue weighted by Crippen LogP contribution is 2.28. The second-order valence-electron chi connectivity index (χ2n) is 3.47. The van der Waals surface area contributed by atoms with Crippen molar-refractivity contribution in [1.82, 2.24) is 0 Å². The molecule has 0 aliphatic rings. The van der Waals surface area contributed by atoms with Crippen LogP contribution in [-0.2, 0) is 6.42 Å². The SMILES string of the molecule is CCCc1ccc2c([N+](=O)[O-])occ2c1. The van der Waals surface area contributed by atoms with Crippen molar-refractivity contribution in [3.8, 4) is 0 Å². The van der Waals surface area contributed by atoms with Crippen LogP contribution in [0.3, 0.4) is 0 Å². The van der Waals surface area contributed by atoms with E-state index >= 15 is 0 Å². The molecule has 0 aliphatic carbocycles. The van der Waals surface area contributed by atoms with Crippen LogP contribution < -0.4 is 0 Å². The van der Waals surface area contributed by atoms with Crippen molar-refractivity contribution in [2.24, 2.45) is 0 Å². The third kappa shape index (κ3) is 1.70. The van der Waals surface area contributed by atoms with Crippen molar-refractivity contribution in [3.63, 3.8) is 0 Å². The lowest BCUT2D eigenvalue weighted by Gasteiger charge is -1.96. The van der Waals surface area contributed by atoms with Gasteiger partial charge in [-0.15, -0.1) is 0 Å². The van der Waals surface area contributed by atoms with Gasteiger partial charge in [0, 0.05) is 5.39 Å². The number of hydrogen-bond donors (Lipinski definition) is 0. The van der Waals surface area contributed by atoms with Gasteiger partial charge in [-0.25, -0.2) is 0 Å². The van der Waals surface area contributed by atoms with Crippen molar-refractivity contribution >= 4 is 16.7 Å². The molecule has 0 bridgehead atoms. The Bertz CT molecular complexity index is 502. The minimum Gasteiger partial charge on any atom is -0.408 e. The van der Waals surface area contributed by atoms with Crippen molar-refractivity contribution in [1.29, 1.82) is 0 Å². The van der Waals surface area contributed by atoms with Crippen molar-refractivity contribution in [3.05, 3.63) is 40.1 Å². The molecule has 0 unspecified atom stereocenters. The molecule has 0 radical (unpaired) electrons. The smallest absolute Gasteiger partial charge is 0.408 e. The van der Waals surface area contributed by atoms with E-state index < -0.39 is 4.92 Å². The lowest BCUT2D eigenvalue weighted by Crippen LogP contribution is -1.86. The molecule has 0 spiro atoms. The van der Waals surface area contributed by atoms with Crippen LogP contribution in [0.15, 0.2) is 28.9 Å². The Morgan fingerprint density at radius 1 is 1.47 bits per heavy atom. The molecule has 1 aromatic carbocycles. The highest BCUT2D eigenvalue weighted by atomic mass is 16.6. The highest BCUT2D eigenvalue weighted by Gasteiger charge is 2.16. The summed E-state index contributed by atoms with van der Waals surface area (Å²) in [5, 5.41) is 12.0. The predicted octanol–water partition coefficient (Wildman–Crippen LogP) is 3.29. The number of fused-ring (bicyclic) bond motifs is 1. The number of rotatable bonds is 3. The van der Waals surface area contributed by atoms with Crippen molar-refractivity contribution in [2.45, 2.75) is 19.8 Å². The van der Waals surface area contributed by atoms with E-state index in [1.807, 2.05) is 12.1 Å². The molecular formula is C11H11NO3. The number of furan rings is 1. The molecule has 0 saturated carbocycles. The zero-order chi connectivity index (χ0) is 10.8. The van der Waals surface area contributed by atoms with E-state index in [9.17, 15) is 10.1 Å². The lowest BCUT2D eigenvalue weighted by atomic mass is 10.1. The maximum atomic E-state index is 10.6. The zero-order valence-corrected chi connectivity index (χ0v) is 8.40. The van der Waals surface area contributed by atoms with Crippen LogP contribution in [0, 0.1) is 10.1 Å². The summed E-state index contributed by atoms with van der Waals surface area (Å²) in [6.07, 6.45) is 3.48. The number of hydrogen-bond acceptors (Lipinski definition) is 3. The Labute approximate surface area is 86.7 Å². The molecule has 1 heterocycles. The average molecular weight is 205 g/mol. The maximum absolute atomic E-state index is 10.6. The van der Waals surface area contributed by atoms with Gasteiger partial charge >= 0.3 is 5.88 Å². The molecule has 2 aromatic rings. The summed E-state index contributed by atoms with van der Waals surface area (Å²) in [5.74, 6) is -0.173. The van der Waals surface area contributed by atoms with Crippen LogP contribution in [0.25, 0.3) is 10.8 Å². The summed E-state index contributed by atoms with van der Waals surface area (Å²) in [4.78, 5) is 10.1. The average Bonchev–Trinajstić information content (AvgIpc) is 2.61. The summed E-state index contributed by atoms with van der Waals surface area (Å²) in [6, 6.07) is 5.60. The fourth-order valence-corrected chi connectivity index (χ4v) is 1.67. The van der Waals surface area contributed by atoms with Gasteiger partial charge in [-0.05, 0) is 24.1 Å². The molecule has 1 aromatic heterocycles. The number of benzene rings is 1. The Morgan fingerprint density at radius 2 is 2.27 bits per heavy atom. The van der Waals surface area contributed by atoms with E-state index in [4.69, 9.17) is 4.42 Å². The van der Waals surface area contributed by atoms with E-state index in [2.05, 4.69) is 6.92 Å². The first-order valence-electron chi connectivity index (χ1n) is 4.87. The normalized spacial score (nSPS) is 10.7. The second-order valence-corrected chi connectivity index (χ2v) is 3.47. The topological polar surface area (TPSA) is 56.3 Å². The summed E-state index contributed by atoms with van der Waals surface area (Å²) < 4.78 is 4.91. The molecule has 0 atom stereocenters. The quantitative estimate of drug-likeness (QED) is 0.570. The van der Waals surface area contributed by atoms with Crippen LogP contribution in [0.1, 0.15) is 18.9 Å². The Balaban J connectivity index is 2.51. The fraction of sp³-hybridized carbons (Fsp3) is 0.273. The number of nitro groups is 1. The van der Waals surface area contributed by atoms with Crippen LogP contribution in [-0.4, -0.2) is 4.92 Å². The minimum atomic E-state index is -0.498. The summed E-state index contributed by atoms with van der Waals surface area (Å²) in [7, 11) is 0. The van der Waals surface area contributed by atoms with Crippen molar-refractivity contribution < 1.29 is 9.34 Å². The van der Waals surface area contributed by atoms with E-state index in [0.717, 1.165) is 18.2 Å². The molecule has 4 nitrogen and oxygen atoms in total. The molecule has 78 valence electrons. The van der Waals surface area contributed by atoms with Gasteiger partial charge < -0.3 is 4.42 Å². The molecule has 0 fully saturated rings. The summed E-state index contributed by atoms with van der Waals surface area (Å²) in [6.45, 7) is 2.10. The third-order valence-electron chi connectivity index (χ3n) is 2.35. The minimum absolute atomic E-state index is 0.173. The van der Waals surface area contributed by atoms with E-state index in [1.54, 1.807) is 6.07 Å². The van der Waals surface area contributed by atoms with Gasteiger partial charge in [-0.3, -0.25) is 10.1 Å². The van der Waals surface area contributed by atoms with Crippen LogP contribution in [0.2, 0.25) is 0 Å². The largest absolute Gasteiger partial charge is 0.440 e. The molecule has 0 aliphatic heterocycles. The van der Waals surface area contributed by atoms with Gasteiger partial charge in [0.05, 0.1) is 0 Å². The van der Waals surface area contributed by atoms with E-state index in [1.165, 1.54) is 11.8 Å². The van der Waals surface area contributed by atoms with Crippen molar-refractivity contribution in [2.75, 3.05) is 0 Å². The maximum Gasteiger partial charge on any atom is 0.440 e. The molecule has 4 heteroatoms. The van der Waals surface area contributed by atoms with Gasteiger partial charge in [0.25, 0.3) is 0 Å². The first-order chi connectivity index (χ1) is 7.22. The first-order valence-corrected chi connectivity index (χ1v) is 4.87. The lowest BCUT2D eigenvalue weighted by molar-refractivity contribution is -0.400. The molecule has 0 saturated heterocycles. The number of aryl methyl sites for hydroxylation is 1. The summed E-state index contributed by atoms with van der Waals surface area (Å²) in [5.41, 5.74) is 1.18. The monoisotopic (exact) mass is 205 g/mol. The Morgan fingerprint density at radius 3 is 2.93 bits per heavy atom. The van der Waals surface area contributed by atoms with Gasteiger partial charge in [0.2, 0.25) is 0 Å². The summed E-state index contributed by atoms with van der Waals surface area (Å²) >= 11 is 0. The van der Waals surface area contributed by atoms with E-state index in [-0.39, 0.29) is 5.88 Å². The second kappa shape index (κ2) is 3.73. The molecule has 2 rings (SSSR count). The molecule has 15 heavy (non-hydrogen) atoms. The highest BCUT2D eigenvalue weighted by molar-refractivity contribution is 5.89. The number of nitrogens with zero attached hydrogens (tertiary/aromatic N) is 1. The third-order valence-corrected chi connectivity index (χ3v) is 2.35. The molecule has 0 amide bonds. The van der Waals surface area contributed by atoms with Gasteiger partial charge in [0.1, 0.15) is 16.6 Å². The molecule has 0 N–H and O–H groups in total. The fourth-order valence-electron chi connectivity index (χ4n) is 1.67. The predicted molar refractivity (Wildman–Crippen MR) is 56.9 cm³/mol. The van der Waals surface area contributed by atoms with E-state index in [0.29, 0.717) is 5.39 Å². The van der Waals surface area contributed by atoms with Gasteiger partial charge in [0.15, 0.2) is 0 Å². The standard InChI is InChI=1S/C11H11NO3/c1-2-3-8-4-5-10-9(6-8)7-15-11(10)12(13)14/h4-7H,2-3H2,1H3. The van der Waals surface area contributed by atoms with Crippen LogP contribution in [0.5, 0.6) is 0 Å². The van der Waals surface area contributed by atoms with Crippen LogP contribution in [0.4, 0.5) is 5.88 Å².